The minimum Gasteiger partial charge on any atom is -0.359 e. The van der Waals surface area contributed by atoms with Crippen LogP contribution in [0.1, 0.15) is 19.3 Å². The third kappa shape index (κ3) is 2.18. The van der Waals surface area contributed by atoms with Crippen LogP contribution in [-0.4, -0.2) is 20.0 Å². The van der Waals surface area contributed by atoms with Gasteiger partial charge in [0.1, 0.15) is 6.79 Å². The predicted octanol–water partition coefficient (Wildman–Crippen LogP) is 1.30. The molecule has 0 aromatic carbocycles. The molecule has 2 unspecified atom stereocenters. The van der Waals surface area contributed by atoms with Crippen molar-refractivity contribution in [2.45, 2.75) is 25.4 Å². The molecular weight excluding hydrogens is 142 g/mol. The third-order valence-corrected chi connectivity index (χ3v) is 2.02. The summed E-state index contributed by atoms with van der Waals surface area (Å²) < 4.78 is 10.1. The molecular formula is C8H13NO2. The van der Waals surface area contributed by atoms with Gasteiger partial charge >= 0.3 is 0 Å². The van der Waals surface area contributed by atoms with E-state index in [1.165, 1.54) is 0 Å². The summed E-state index contributed by atoms with van der Waals surface area (Å²) >= 11 is 0. The predicted molar refractivity (Wildman–Crippen MR) is 39.7 cm³/mol. The molecule has 0 spiro atoms. The van der Waals surface area contributed by atoms with Gasteiger partial charge in [0.15, 0.2) is 0 Å². The fraction of sp³-hybridized carbons (Fsp3) is 0.875. The first kappa shape index (κ1) is 8.51. The second kappa shape index (κ2) is 4.32. The Kier molecular flexibility index (Phi) is 3.34. The van der Waals surface area contributed by atoms with Crippen LogP contribution in [0.5, 0.6) is 0 Å². The van der Waals surface area contributed by atoms with Crippen molar-refractivity contribution in [2.24, 2.45) is 5.92 Å². The smallest absolute Gasteiger partial charge is 0.146 e. The molecule has 0 bridgehead atoms. The van der Waals surface area contributed by atoms with Crippen molar-refractivity contribution in [3.05, 3.63) is 0 Å². The first-order chi connectivity index (χ1) is 5.38. The lowest BCUT2D eigenvalue weighted by Crippen LogP contribution is -2.17. The summed E-state index contributed by atoms with van der Waals surface area (Å²) in [6, 6.07) is 2.24. The Balaban J connectivity index is 2.27. The van der Waals surface area contributed by atoms with E-state index in [-0.39, 0.29) is 12.0 Å². The molecule has 1 aliphatic rings. The molecule has 1 fully saturated rings. The highest BCUT2D eigenvalue weighted by Gasteiger charge is 2.27. The average molecular weight is 155 g/mol. The van der Waals surface area contributed by atoms with Crippen molar-refractivity contribution < 1.29 is 9.47 Å². The molecule has 1 saturated carbocycles. The summed E-state index contributed by atoms with van der Waals surface area (Å²) in [5.41, 5.74) is 0. The van der Waals surface area contributed by atoms with Gasteiger partial charge in [0.2, 0.25) is 0 Å². The molecule has 0 aromatic rings. The van der Waals surface area contributed by atoms with E-state index in [0.29, 0.717) is 6.79 Å². The second-order valence-electron chi connectivity index (χ2n) is 2.78. The lowest BCUT2D eigenvalue weighted by molar-refractivity contribution is -0.0770. The van der Waals surface area contributed by atoms with Crippen LogP contribution in [0.4, 0.5) is 0 Å². The van der Waals surface area contributed by atoms with Crippen molar-refractivity contribution in [1.29, 1.82) is 5.26 Å². The first-order valence-corrected chi connectivity index (χ1v) is 3.88. The first-order valence-electron chi connectivity index (χ1n) is 3.88. The number of rotatable bonds is 3. The van der Waals surface area contributed by atoms with Crippen molar-refractivity contribution in [3.63, 3.8) is 0 Å². The van der Waals surface area contributed by atoms with Gasteiger partial charge in [-0.05, 0) is 19.3 Å². The molecule has 11 heavy (non-hydrogen) atoms. The van der Waals surface area contributed by atoms with E-state index in [2.05, 4.69) is 6.07 Å². The lowest BCUT2D eigenvalue weighted by atomic mass is 10.1. The molecule has 0 aromatic heterocycles. The molecule has 0 amide bonds. The summed E-state index contributed by atoms with van der Waals surface area (Å²) in [5, 5.41) is 8.66. The molecule has 1 aliphatic carbocycles. The summed E-state index contributed by atoms with van der Waals surface area (Å²) in [4.78, 5) is 0. The van der Waals surface area contributed by atoms with Crippen LogP contribution < -0.4 is 0 Å². The van der Waals surface area contributed by atoms with Gasteiger partial charge in [-0.25, -0.2) is 0 Å². The molecule has 0 radical (unpaired) electrons. The Morgan fingerprint density at radius 2 is 2.36 bits per heavy atom. The monoisotopic (exact) mass is 155 g/mol. The highest BCUT2D eigenvalue weighted by molar-refractivity contribution is 4.93. The van der Waals surface area contributed by atoms with Crippen LogP contribution in [-0.2, 0) is 9.47 Å². The van der Waals surface area contributed by atoms with Crippen molar-refractivity contribution in [1.82, 2.24) is 0 Å². The second-order valence-corrected chi connectivity index (χ2v) is 2.78. The number of hydrogen-bond acceptors (Lipinski definition) is 3. The van der Waals surface area contributed by atoms with Crippen LogP contribution >= 0.6 is 0 Å². The van der Waals surface area contributed by atoms with Crippen molar-refractivity contribution in [2.75, 3.05) is 13.9 Å². The minimum absolute atomic E-state index is 0.0881. The largest absolute Gasteiger partial charge is 0.359 e. The van der Waals surface area contributed by atoms with E-state index in [1.807, 2.05) is 0 Å². The van der Waals surface area contributed by atoms with Crippen molar-refractivity contribution >= 4 is 0 Å². The van der Waals surface area contributed by atoms with Crippen LogP contribution in [0.15, 0.2) is 0 Å². The van der Waals surface area contributed by atoms with Gasteiger partial charge in [0, 0.05) is 7.11 Å². The van der Waals surface area contributed by atoms with Gasteiger partial charge in [0.05, 0.1) is 18.1 Å². The lowest BCUT2D eigenvalue weighted by Gasteiger charge is -2.12. The number of methoxy groups -OCH3 is 1. The van der Waals surface area contributed by atoms with Gasteiger partial charge in [-0.15, -0.1) is 0 Å². The van der Waals surface area contributed by atoms with E-state index in [0.717, 1.165) is 19.3 Å². The fourth-order valence-electron chi connectivity index (χ4n) is 1.43. The molecule has 0 N–H and O–H groups in total. The maximum atomic E-state index is 8.66. The number of hydrogen-bond donors (Lipinski definition) is 0. The summed E-state index contributed by atoms with van der Waals surface area (Å²) in [5.74, 6) is 0.0881. The quantitative estimate of drug-likeness (QED) is 0.577. The number of nitriles is 1. The third-order valence-electron chi connectivity index (χ3n) is 2.02. The fourth-order valence-corrected chi connectivity index (χ4v) is 1.43. The van der Waals surface area contributed by atoms with E-state index >= 15 is 0 Å². The van der Waals surface area contributed by atoms with Crippen LogP contribution in [0, 0.1) is 17.2 Å². The Morgan fingerprint density at radius 3 is 3.00 bits per heavy atom. The maximum Gasteiger partial charge on any atom is 0.146 e. The van der Waals surface area contributed by atoms with Gasteiger partial charge in [-0.2, -0.15) is 5.26 Å². The standard InChI is InChI=1S/C8H13NO2/c1-10-6-11-8-4-2-3-7(8)5-9/h7-8H,2-4,6H2,1H3. The number of ether oxygens (including phenoxy) is 2. The molecule has 62 valence electrons. The zero-order valence-corrected chi connectivity index (χ0v) is 6.75. The number of nitrogens with zero attached hydrogens (tertiary/aromatic N) is 1. The Hall–Kier alpha value is -0.590. The summed E-state index contributed by atoms with van der Waals surface area (Å²) in [7, 11) is 1.59. The Bertz CT molecular complexity index is 153. The van der Waals surface area contributed by atoms with Gasteiger partial charge < -0.3 is 9.47 Å². The summed E-state index contributed by atoms with van der Waals surface area (Å²) in [6.07, 6.45) is 3.19. The zero-order valence-electron chi connectivity index (χ0n) is 6.75. The van der Waals surface area contributed by atoms with Gasteiger partial charge in [0.25, 0.3) is 0 Å². The Morgan fingerprint density at radius 1 is 1.55 bits per heavy atom. The van der Waals surface area contributed by atoms with Crippen LogP contribution in [0.3, 0.4) is 0 Å². The van der Waals surface area contributed by atoms with Gasteiger partial charge in [-0.1, -0.05) is 0 Å². The maximum absolute atomic E-state index is 8.66. The van der Waals surface area contributed by atoms with Crippen LogP contribution in [0.2, 0.25) is 0 Å². The molecule has 0 aliphatic heterocycles. The van der Waals surface area contributed by atoms with Crippen LogP contribution in [0.25, 0.3) is 0 Å². The SMILES string of the molecule is COCOC1CCCC1C#N. The average Bonchev–Trinajstić information content (AvgIpc) is 2.47. The molecule has 1 rings (SSSR count). The summed E-state index contributed by atoms with van der Waals surface area (Å²) in [6.45, 7) is 0.308. The molecule has 3 nitrogen and oxygen atoms in total. The minimum atomic E-state index is 0.0881. The Labute approximate surface area is 66.9 Å². The highest BCUT2D eigenvalue weighted by atomic mass is 16.7. The van der Waals surface area contributed by atoms with Gasteiger partial charge in [-0.3, -0.25) is 0 Å². The topological polar surface area (TPSA) is 42.2 Å². The van der Waals surface area contributed by atoms with E-state index in [4.69, 9.17) is 14.7 Å². The zero-order chi connectivity index (χ0) is 8.10. The molecule has 0 saturated heterocycles. The van der Waals surface area contributed by atoms with E-state index in [1.54, 1.807) is 7.11 Å². The van der Waals surface area contributed by atoms with Crippen molar-refractivity contribution in [3.8, 4) is 6.07 Å². The normalized spacial score (nSPS) is 30.2. The highest BCUT2D eigenvalue weighted by Crippen LogP contribution is 2.27. The molecule has 3 heteroatoms. The molecule has 2 atom stereocenters. The van der Waals surface area contributed by atoms with E-state index in [9.17, 15) is 0 Å². The van der Waals surface area contributed by atoms with E-state index < -0.39 is 0 Å². The molecule has 0 heterocycles.